The van der Waals surface area contributed by atoms with E-state index in [1.54, 1.807) is 0 Å². The predicted octanol–water partition coefficient (Wildman–Crippen LogP) is -5.99. The molecule has 85 heavy (non-hydrogen) atoms. The molecule has 0 bridgehead atoms. The molecule has 0 aliphatic rings. The third-order valence-corrected chi connectivity index (χ3v) is 14.2. The van der Waals surface area contributed by atoms with Crippen molar-refractivity contribution in [1.29, 1.82) is 0 Å². The van der Waals surface area contributed by atoms with Gasteiger partial charge in [-0.2, -0.15) is 65.7 Å². The maximum Gasteiger partial charge on any atom is 1.00 e. The number of anilines is 6. The largest absolute Gasteiger partial charge is 1.00 e. The monoisotopic (exact) mass is 1280 g/mol. The van der Waals surface area contributed by atoms with E-state index in [4.69, 9.17) is 0 Å². The molecule has 6 aromatic carbocycles. The molecule has 420 valence electrons. The number of hydrogen-bond acceptors (Lipinski definition) is 28. The number of halogens is 2. The third-order valence-electron chi connectivity index (χ3n) is 10.6. The summed E-state index contributed by atoms with van der Waals surface area (Å²) in [7, 11) is -20.2. The van der Waals surface area contributed by atoms with E-state index in [1.165, 1.54) is 48.5 Å². The SMILES string of the molecule is CC([O-])=Nc1cc(Nc2nc(F)nc(NCCCNc3nc(F)nc(Nc4ccc(N=Nc5cc(S(=O)(=O)O)c6cccc(S(=O)(=O)[O-])c6c5)c(N=C(C)[O-])c4)n3)n2)ccc1N=Nc1cc(S(=O)(=O)O)c2cccc(S(=O)(=O)[O-])c2c1.[Na+].[Na+].[Na+].[Na+]. The van der Waals surface area contributed by atoms with Crippen LogP contribution in [0, 0.1) is 12.2 Å². The van der Waals surface area contributed by atoms with Gasteiger partial charge >= 0.3 is 130 Å². The third kappa shape index (κ3) is 19.3. The summed E-state index contributed by atoms with van der Waals surface area (Å²) >= 11 is 0. The summed E-state index contributed by atoms with van der Waals surface area (Å²) in [5, 5.41) is 49.9. The van der Waals surface area contributed by atoms with Crippen LogP contribution in [0.3, 0.4) is 0 Å². The molecule has 2 heterocycles. The number of aliphatic imine (C=N–C) groups is 2. The zero-order valence-electron chi connectivity index (χ0n) is 44.9. The van der Waals surface area contributed by atoms with Crippen LogP contribution >= 0.6 is 0 Å². The molecule has 0 saturated heterocycles. The number of aromatic nitrogens is 6. The van der Waals surface area contributed by atoms with Gasteiger partial charge in [0.2, 0.25) is 23.8 Å². The van der Waals surface area contributed by atoms with Crippen LogP contribution < -0.4 is 150 Å². The molecule has 2 aromatic heterocycles. The summed E-state index contributed by atoms with van der Waals surface area (Å²) in [4.78, 5) is 27.4. The molecule has 30 nitrogen and oxygen atoms in total. The molecule has 0 saturated carbocycles. The van der Waals surface area contributed by atoms with E-state index in [9.17, 15) is 70.9 Å². The van der Waals surface area contributed by atoms with E-state index < -0.39 is 84.0 Å². The van der Waals surface area contributed by atoms with Crippen LogP contribution in [-0.2, 0) is 40.5 Å². The Kier molecular flexibility index (Phi) is 25.5. The maximum absolute atomic E-state index is 14.7. The fourth-order valence-electron chi connectivity index (χ4n) is 7.43. The average molecular weight is 1280 g/mol. The molecule has 40 heteroatoms. The molecule has 0 fully saturated rings. The van der Waals surface area contributed by atoms with Crippen molar-refractivity contribution in [1.82, 2.24) is 29.9 Å². The quantitative estimate of drug-likeness (QED) is 0.0103. The van der Waals surface area contributed by atoms with Crippen molar-refractivity contribution in [2.75, 3.05) is 34.4 Å². The second-order valence-electron chi connectivity index (χ2n) is 16.5. The number of benzene rings is 6. The fourth-order valence-corrected chi connectivity index (χ4v) is 10.2. The van der Waals surface area contributed by atoms with E-state index in [0.29, 0.717) is 0 Å². The van der Waals surface area contributed by atoms with Crippen LogP contribution in [0.5, 0.6) is 0 Å². The molecular formula is C45H34F2N16Na4O14S4. The Labute approximate surface area is 569 Å². The summed E-state index contributed by atoms with van der Waals surface area (Å²) in [6.07, 6.45) is -2.18. The van der Waals surface area contributed by atoms with Gasteiger partial charge in [0.25, 0.3) is 20.2 Å². The van der Waals surface area contributed by atoms with E-state index >= 15 is 0 Å². The smallest absolute Gasteiger partial charge is 0.862 e. The minimum atomic E-state index is -5.13. The van der Waals surface area contributed by atoms with Crippen molar-refractivity contribution in [3.8, 4) is 0 Å². The second-order valence-corrected chi connectivity index (χ2v) is 22.0. The first-order valence-corrected chi connectivity index (χ1v) is 28.2. The minimum Gasteiger partial charge on any atom is -0.862 e. The fraction of sp³-hybridized carbons (Fsp3) is 0.111. The molecule has 6 N–H and O–H groups in total. The molecule has 0 spiro atoms. The number of rotatable bonds is 20. The first kappa shape index (κ1) is 72.2. The van der Waals surface area contributed by atoms with Crippen molar-refractivity contribution in [3.63, 3.8) is 0 Å². The molecule has 0 atom stereocenters. The van der Waals surface area contributed by atoms with Crippen molar-refractivity contribution in [2.24, 2.45) is 30.4 Å². The van der Waals surface area contributed by atoms with Gasteiger partial charge in [0.15, 0.2) is 0 Å². The van der Waals surface area contributed by atoms with Gasteiger partial charge in [0.05, 0.1) is 32.5 Å². The molecule has 8 rings (SSSR count). The number of nitrogens with zero attached hydrogens (tertiary/aromatic N) is 12. The topological polar surface area (TPSA) is 469 Å². The molecular weight excluding hydrogens is 1250 g/mol. The van der Waals surface area contributed by atoms with Gasteiger partial charge in [-0.3, -0.25) is 19.1 Å². The summed E-state index contributed by atoms with van der Waals surface area (Å²) < 4.78 is 170. The number of hydrogen-bond donors (Lipinski definition) is 6. The van der Waals surface area contributed by atoms with E-state index in [0.717, 1.165) is 62.4 Å². The summed E-state index contributed by atoms with van der Waals surface area (Å²) in [5.74, 6) is -2.50. The molecule has 0 unspecified atom stereocenters. The Morgan fingerprint density at radius 3 is 1.18 bits per heavy atom. The van der Waals surface area contributed by atoms with E-state index in [-0.39, 0.29) is 229 Å². The minimum absolute atomic E-state index is 0. The van der Waals surface area contributed by atoms with Gasteiger partial charge in [-0.1, -0.05) is 24.3 Å². The van der Waals surface area contributed by atoms with Gasteiger partial charge in [-0.15, -0.1) is 10.2 Å². The Hall–Kier alpha value is -5.30. The van der Waals surface area contributed by atoms with E-state index in [1.807, 2.05) is 0 Å². The van der Waals surface area contributed by atoms with E-state index in [2.05, 4.69) is 81.6 Å². The average Bonchev–Trinajstić information content (AvgIpc) is 2.37. The molecule has 8 aromatic rings. The van der Waals surface area contributed by atoms with Crippen molar-refractivity contribution >= 4 is 143 Å². The zero-order chi connectivity index (χ0) is 58.6. The predicted molar refractivity (Wildman–Crippen MR) is 278 cm³/mol. The Morgan fingerprint density at radius 2 is 0.835 bits per heavy atom. The molecule has 0 aliphatic carbocycles. The van der Waals surface area contributed by atoms with Crippen LogP contribution in [0.25, 0.3) is 21.5 Å². The molecule has 0 radical (unpaired) electrons. The Bertz CT molecular complexity index is 4180. The maximum atomic E-state index is 14.7. The Balaban J connectivity index is 0.00000387. The zero-order valence-corrected chi connectivity index (χ0v) is 56.2. The number of nitrogens with one attached hydrogen (secondary N) is 4. The molecule has 0 aliphatic heterocycles. The van der Waals surface area contributed by atoms with Crippen molar-refractivity contribution in [2.45, 2.75) is 39.9 Å². The number of azo groups is 2. The first-order chi connectivity index (χ1) is 38.1. The summed E-state index contributed by atoms with van der Waals surface area (Å²) in [6.45, 7) is 2.42. The molecule has 0 amide bonds. The van der Waals surface area contributed by atoms with Gasteiger partial charge in [0.1, 0.15) is 41.4 Å². The van der Waals surface area contributed by atoms with Gasteiger partial charge < -0.3 is 40.6 Å². The summed E-state index contributed by atoms with van der Waals surface area (Å²) in [6, 6.07) is 18.2. The van der Waals surface area contributed by atoms with Crippen LogP contribution in [0.4, 0.5) is 78.1 Å². The van der Waals surface area contributed by atoms with Crippen molar-refractivity contribution in [3.05, 3.63) is 109 Å². The Morgan fingerprint density at radius 1 is 0.471 bits per heavy atom. The van der Waals surface area contributed by atoms with Crippen LogP contribution in [-0.4, -0.2) is 107 Å². The van der Waals surface area contributed by atoms with Gasteiger partial charge in [0, 0.05) is 46.0 Å². The van der Waals surface area contributed by atoms with Crippen LogP contribution in [0.1, 0.15) is 20.3 Å². The van der Waals surface area contributed by atoms with Crippen molar-refractivity contribution < 1.29 is 189 Å². The normalized spacial score (nSPS) is 12.3. The van der Waals surface area contributed by atoms with Crippen LogP contribution in [0.2, 0.25) is 0 Å². The van der Waals surface area contributed by atoms with Crippen LogP contribution in [0.15, 0.2) is 147 Å². The summed E-state index contributed by atoms with van der Waals surface area (Å²) in [5.41, 5.74) is -0.770. The number of fused-ring (bicyclic) bond motifs is 2. The standard InChI is InChI=1S/C45H38F2N16O14S4.4Na/c1-22(64)50-34-18-24(10-12-32(34)62-60-26-16-30-28(38(20-26)80(72,73)74)6-3-8-36(30)78(66,67)68)52-44-56-40(46)54-42(58-44)48-14-5-15-49-43-55-41(47)57-45(59-43)53-25-11-13-33(35(19-25)51-23(2)65)63-61-27-17-31-29(39(21-27)81(75,76)77)7-4-9-37(31)79(69,70)71;;;;/h3-4,6-13,16-21H,5,14-15H2,1-2H3,(H,50,64)(H,51,65)(H,66,67,68)(H,69,70,71)(H,72,73,74)(H,75,76,77)(H2,48,52,54,56,58)(H2,49,53,55,57,59);;;;/q;4*+1/p-4. The first-order valence-electron chi connectivity index (χ1n) is 22.5. The van der Waals surface area contributed by atoms with Gasteiger partial charge in [-0.25, -0.2) is 16.8 Å². The second kappa shape index (κ2) is 30.1. The van der Waals surface area contributed by atoms with Gasteiger partial charge in [-0.05, 0) is 105 Å².